The van der Waals surface area contributed by atoms with Gasteiger partial charge in [-0.15, -0.1) is 21.5 Å². The second-order valence-electron chi connectivity index (χ2n) is 8.19. The predicted octanol–water partition coefficient (Wildman–Crippen LogP) is 4.63. The van der Waals surface area contributed by atoms with Gasteiger partial charge in [-0.25, -0.2) is 9.97 Å². The minimum Gasteiger partial charge on any atom is -0.379 e. The first kappa shape index (κ1) is 21.4. The maximum Gasteiger partial charge on any atom is 0.206 e. The summed E-state index contributed by atoms with van der Waals surface area (Å²) in [6, 6.07) is 10.3. The molecule has 1 aliphatic carbocycles. The molecule has 0 bridgehead atoms. The first-order valence-electron chi connectivity index (χ1n) is 11.2. The van der Waals surface area contributed by atoms with Crippen LogP contribution in [0, 0.1) is 0 Å². The van der Waals surface area contributed by atoms with Crippen molar-refractivity contribution in [1.29, 1.82) is 0 Å². The molecule has 6 rings (SSSR count). The van der Waals surface area contributed by atoms with Gasteiger partial charge in [0.05, 0.1) is 19.8 Å². The average Bonchev–Trinajstić information content (AvgIpc) is 3.55. The van der Waals surface area contributed by atoms with Crippen molar-refractivity contribution >= 4 is 49.8 Å². The van der Waals surface area contributed by atoms with Gasteiger partial charge < -0.3 is 10.1 Å². The van der Waals surface area contributed by atoms with Gasteiger partial charge in [-0.2, -0.15) is 0 Å². The molecular weight excluding hydrogens is 472 g/mol. The Kier molecular flexibility index (Phi) is 6.25. The van der Waals surface area contributed by atoms with Crippen LogP contribution in [0.25, 0.3) is 10.2 Å². The summed E-state index contributed by atoms with van der Waals surface area (Å²) in [4.78, 5) is 15.0. The van der Waals surface area contributed by atoms with Gasteiger partial charge in [-0.05, 0) is 42.2 Å². The molecule has 4 heterocycles. The lowest BCUT2D eigenvalue weighted by Gasteiger charge is -2.25. The fraction of sp³-hybridized carbons (Fsp3) is 0.391. The van der Waals surface area contributed by atoms with E-state index in [0.29, 0.717) is 0 Å². The first-order chi connectivity index (χ1) is 16.3. The van der Waals surface area contributed by atoms with Gasteiger partial charge >= 0.3 is 0 Å². The second-order valence-corrected chi connectivity index (χ2v) is 11.5. The third-order valence-electron chi connectivity index (χ3n) is 5.92. The number of hydrogen-bond donors (Lipinski definition) is 1. The zero-order chi connectivity index (χ0) is 22.0. The molecule has 1 saturated heterocycles. The number of benzene rings is 1. The van der Waals surface area contributed by atoms with E-state index in [1.54, 1.807) is 23.1 Å². The Morgan fingerprint density at radius 1 is 1.03 bits per heavy atom. The van der Waals surface area contributed by atoms with Gasteiger partial charge in [-0.1, -0.05) is 41.7 Å². The van der Waals surface area contributed by atoms with Gasteiger partial charge in [0.2, 0.25) is 5.13 Å². The summed E-state index contributed by atoms with van der Waals surface area (Å²) >= 11 is 5.05. The van der Waals surface area contributed by atoms with Crippen molar-refractivity contribution in [2.45, 2.75) is 41.7 Å². The topological polar surface area (TPSA) is 76.1 Å². The summed E-state index contributed by atoms with van der Waals surface area (Å²) in [5, 5.41) is 15.3. The number of nitrogens with zero attached hydrogens (tertiary/aromatic N) is 5. The molecule has 0 unspecified atom stereocenters. The molecule has 1 aliphatic heterocycles. The van der Waals surface area contributed by atoms with Crippen LogP contribution < -0.4 is 5.32 Å². The number of ether oxygens (including phenoxy) is 1. The number of nitrogens with one attached hydrogen (secondary N) is 1. The standard InChI is InChI=1S/C23H24N6OS3/c1-2-5-15(6-3-1)13-24-22-27-28-23(33-22)32-21-19-16-7-4-8-17(16)31-20(19)25-18(26-21)14-29-9-11-30-12-10-29/h1-3,5-6H,4,7-14H2,(H,24,27). The van der Waals surface area contributed by atoms with Crippen LogP contribution in [-0.4, -0.2) is 51.4 Å². The van der Waals surface area contributed by atoms with Crippen molar-refractivity contribution in [2.24, 2.45) is 0 Å². The van der Waals surface area contributed by atoms with E-state index in [9.17, 15) is 0 Å². The molecule has 0 amide bonds. The van der Waals surface area contributed by atoms with E-state index < -0.39 is 0 Å². The molecule has 0 spiro atoms. The Hall–Kier alpha value is -2.11. The van der Waals surface area contributed by atoms with Crippen molar-refractivity contribution in [3.05, 3.63) is 52.2 Å². The fourth-order valence-corrected chi connectivity index (χ4v) is 7.47. The average molecular weight is 497 g/mol. The molecule has 3 aromatic heterocycles. The Morgan fingerprint density at radius 3 is 2.79 bits per heavy atom. The summed E-state index contributed by atoms with van der Waals surface area (Å²) < 4.78 is 6.40. The molecule has 1 N–H and O–H groups in total. The Bertz CT molecular complexity index is 1250. The summed E-state index contributed by atoms with van der Waals surface area (Å²) in [6.07, 6.45) is 3.50. The third-order valence-corrected chi connectivity index (χ3v) is 9.03. The van der Waals surface area contributed by atoms with Gasteiger partial charge in [0.25, 0.3) is 0 Å². The number of rotatable bonds is 7. The quantitative estimate of drug-likeness (QED) is 0.371. The van der Waals surface area contributed by atoms with Crippen LogP contribution in [0.15, 0.2) is 39.7 Å². The van der Waals surface area contributed by atoms with E-state index in [2.05, 4.69) is 32.5 Å². The minimum atomic E-state index is 0.736. The molecule has 0 atom stereocenters. The number of aryl methyl sites for hydroxylation is 2. The molecule has 1 aromatic carbocycles. The highest BCUT2D eigenvalue weighted by atomic mass is 32.2. The minimum absolute atomic E-state index is 0.736. The summed E-state index contributed by atoms with van der Waals surface area (Å²) in [5.41, 5.74) is 2.67. The molecule has 33 heavy (non-hydrogen) atoms. The lowest BCUT2D eigenvalue weighted by molar-refractivity contribution is 0.0330. The Labute approximate surface area is 204 Å². The van der Waals surface area contributed by atoms with Gasteiger partial charge in [0.15, 0.2) is 4.34 Å². The van der Waals surface area contributed by atoms with E-state index in [0.717, 1.165) is 77.4 Å². The highest BCUT2D eigenvalue weighted by Crippen LogP contribution is 2.43. The normalized spacial score (nSPS) is 16.4. The Balaban J connectivity index is 1.25. The lowest BCUT2D eigenvalue weighted by Crippen LogP contribution is -2.36. The summed E-state index contributed by atoms with van der Waals surface area (Å²) in [6.45, 7) is 4.91. The number of morpholine rings is 1. The zero-order valence-electron chi connectivity index (χ0n) is 18.1. The molecule has 4 aromatic rings. The number of aromatic nitrogens is 4. The van der Waals surface area contributed by atoms with Crippen LogP contribution >= 0.6 is 34.4 Å². The van der Waals surface area contributed by atoms with E-state index in [4.69, 9.17) is 14.7 Å². The summed E-state index contributed by atoms with van der Waals surface area (Å²) in [7, 11) is 0. The monoisotopic (exact) mass is 496 g/mol. The van der Waals surface area contributed by atoms with E-state index >= 15 is 0 Å². The van der Waals surface area contributed by atoms with Crippen molar-refractivity contribution in [3.63, 3.8) is 0 Å². The Morgan fingerprint density at radius 2 is 1.91 bits per heavy atom. The largest absolute Gasteiger partial charge is 0.379 e. The molecule has 2 aliphatic rings. The van der Waals surface area contributed by atoms with Crippen LogP contribution in [-0.2, 0) is 30.7 Å². The lowest BCUT2D eigenvalue weighted by atomic mass is 10.2. The summed E-state index contributed by atoms with van der Waals surface area (Å²) in [5.74, 6) is 0.888. The van der Waals surface area contributed by atoms with Crippen LogP contribution in [0.3, 0.4) is 0 Å². The van der Waals surface area contributed by atoms with Crippen molar-refractivity contribution < 1.29 is 4.74 Å². The molecule has 0 saturated carbocycles. The maximum atomic E-state index is 5.50. The highest BCUT2D eigenvalue weighted by Gasteiger charge is 2.24. The van der Waals surface area contributed by atoms with E-state index in [-0.39, 0.29) is 0 Å². The maximum absolute atomic E-state index is 5.50. The van der Waals surface area contributed by atoms with Crippen LogP contribution in [0.1, 0.15) is 28.2 Å². The molecule has 7 nitrogen and oxygen atoms in total. The second kappa shape index (κ2) is 9.63. The van der Waals surface area contributed by atoms with E-state index in [1.165, 1.54) is 27.8 Å². The first-order valence-corrected chi connectivity index (χ1v) is 13.7. The van der Waals surface area contributed by atoms with Crippen LogP contribution in [0.2, 0.25) is 0 Å². The molecule has 0 radical (unpaired) electrons. The molecular formula is C23H24N6OS3. The van der Waals surface area contributed by atoms with Crippen molar-refractivity contribution in [3.8, 4) is 0 Å². The zero-order valence-corrected chi connectivity index (χ0v) is 20.6. The number of hydrogen-bond acceptors (Lipinski definition) is 10. The molecule has 170 valence electrons. The third kappa shape index (κ3) is 4.76. The van der Waals surface area contributed by atoms with Crippen molar-refractivity contribution in [1.82, 2.24) is 25.1 Å². The number of anilines is 1. The van der Waals surface area contributed by atoms with Crippen molar-refractivity contribution in [2.75, 3.05) is 31.6 Å². The highest BCUT2D eigenvalue weighted by molar-refractivity contribution is 8.01. The number of thiophene rings is 1. The SMILES string of the molecule is c1ccc(CNc2nnc(Sc3nc(CN4CCOCC4)nc4sc5c(c34)CCC5)s2)cc1. The van der Waals surface area contributed by atoms with Crippen LogP contribution in [0.5, 0.6) is 0 Å². The van der Waals surface area contributed by atoms with Gasteiger partial charge in [-0.3, -0.25) is 4.90 Å². The predicted molar refractivity (Wildman–Crippen MR) is 133 cm³/mol. The smallest absolute Gasteiger partial charge is 0.206 e. The molecule has 10 heteroatoms. The fourth-order valence-electron chi connectivity index (χ4n) is 4.29. The van der Waals surface area contributed by atoms with E-state index in [1.807, 2.05) is 29.5 Å². The number of fused-ring (bicyclic) bond motifs is 3. The van der Waals surface area contributed by atoms with Gasteiger partial charge in [0, 0.05) is 29.9 Å². The van der Waals surface area contributed by atoms with Gasteiger partial charge in [0.1, 0.15) is 15.7 Å². The van der Waals surface area contributed by atoms with Crippen LogP contribution in [0.4, 0.5) is 5.13 Å². The molecule has 1 fully saturated rings.